The maximum absolute atomic E-state index is 11.5. The number of benzene rings is 3. The Hall–Kier alpha value is -7.68. The van der Waals surface area contributed by atoms with E-state index in [0.717, 1.165) is 45.2 Å². The number of rotatable bonds is 9. The Bertz CT molecular complexity index is 2930. The fourth-order valence-corrected chi connectivity index (χ4v) is 6.88. The van der Waals surface area contributed by atoms with Crippen molar-refractivity contribution in [3.63, 3.8) is 0 Å². The number of hydrogen-bond donors (Lipinski definition) is 5. The fraction of sp³-hybridized carbons (Fsp3) is 0.100. The van der Waals surface area contributed by atoms with Crippen LogP contribution in [0.15, 0.2) is 116 Å². The Labute approximate surface area is 314 Å². The van der Waals surface area contributed by atoms with E-state index in [1.165, 1.54) is 0 Å². The van der Waals surface area contributed by atoms with Crippen LogP contribution in [0, 0.1) is 0 Å². The van der Waals surface area contributed by atoms with Gasteiger partial charge in [0.05, 0.1) is 24.6 Å². The maximum Gasteiger partial charge on any atom is 0.313 e. The highest BCUT2D eigenvalue weighted by molar-refractivity contribution is 5.73. The minimum absolute atomic E-state index is 0.0763. The number of aromatic hydroxyl groups is 2. The number of imidazole rings is 3. The monoisotopic (exact) mass is 732 g/mol. The van der Waals surface area contributed by atoms with Gasteiger partial charge in [-0.3, -0.25) is 0 Å². The third kappa shape index (κ3) is 5.53. The van der Waals surface area contributed by atoms with Crippen LogP contribution in [0.2, 0.25) is 0 Å². The summed E-state index contributed by atoms with van der Waals surface area (Å²) in [6.45, 7) is 0. The van der Waals surface area contributed by atoms with E-state index in [4.69, 9.17) is 20.0 Å². The zero-order valence-electron chi connectivity index (χ0n) is 30.3. The minimum Gasteiger partial charge on any atom is -0.508 e. The Morgan fingerprint density at radius 3 is 1.85 bits per heavy atom. The van der Waals surface area contributed by atoms with Gasteiger partial charge >= 0.3 is 11.3 Å². The molecule has 9 aromatic rings. The molecule has 0 radical (unpaired) electrons. The van der Waals surface area contributed by atoms with E-state index in [9.17, 15) is 10.2 Å². The van der Waals surface area contributed by atoms with Crippen LogP contribution in [0.3, 0.4) is 0 Å². The number of hydrogen-bond acceptors (Lipinski definition) is 10. The summed E-state index contributed by atoms with van der Waals surface area (Å²) >= 11 is 0. The molecule has 0 aliphatic rings. The lowest BCUT2D eigenvalue weighted by Crippen LogP contribution is -2.29. The molecular weight excluding hydrogens is 697 g/mol. The van der Waals surface area contributed by atoms with Gasteiger partial charge in [-0.05, 0) is 66.7 Å². The van der Waals surface area contributed by atoms with Gasteiger partial charge in [-0.25, -0.2) is 9.50 Å². The summed E-state index contributed by atoms with van der Waals surface area (Å²) in [6, 6.07) is 30.0. The Morgan fingerprint density at radius 1 is 0.600 bits per heavy atom. The molecule has 0 bridgehead atoms. The second kappa shape index (κ2) is 13.1. The van der Waals surface area contributed by atoms with E-state index in [-0.39, 0.29) is 11.5 Å². The van der Waals surface area contributed by atoms with Crippen molar-refractivity contribution in [1.82, 2.24) is 33.8 Å². The number of nitrogens with one attached hydrogen (secondary N) is 3. The molecule has 6 aromatic heterocycles. The third-order valence-corrected chi connectivity index (χ3v) is 9.63. The zero-order valence-corrected chi connectivity index (χ0v) is 30.3. The first-order valence-electron chi connectivity index (χ1n) is 17.5. The highest BCUT2D eigenvalue weighted by Crippen LogP contribution is 2.34. The molecule has 0 amide bonds. The molecule has 55 heavy (non-hydrogen) atoms. The number of nitrogens with zero attached hydrogens (tertiary/aromatic N) is 9. The standard InChI is InChI=1S/C40H34N12O3/c1-41-35-12-15-38-44-21-30(50(38)45-35)29-20-26(9-11-34(29)55-4)49-23-32(52-40(49)17-14-37(43-3)47-52)28-19-25(8-10-33(28)54)48-22-31(24-6-5-7-27(53)18-24)51-39(48)16-13-36(42-2)46-51/h5-23H,1-4H3,(H3-2,41,42,43,45,46,47,53,54)/p+2. The van der Waals surface area contributed by atoms with Crippen molar-refractivity contribution in [1.29, 1.82) is 0 Å². The number of ether oxygens (including phenoxy) is 1. The predicted molar refractivity (Wildman–Crippen MR) is 208 cm³/mol. The van der Waals surface area contributed by atoms with E-state index in [0.29, 0.717) is 40.1 Å². The molecule has 15 heteroatoms. The molecule has 272 valence electrons. The first-order valence-corrected chi connectivity index (χ1v) is 17.5. The summed E-state index contributed by atoms with van der Waals surface area (Å²) in [6.07, 6.45) is 5.71. The van der Waals surface area contributed by atoms with Crippen molar-refractivity contribution in [2.45, 2.75) is 0 Å². The van der Waals surface area contributed by atoms with Crippen LogP contribution in [0.25, 0.3) is 62.1 Å². The van der Waals surface area contributed by atoms with Gasteiger partial charge in [0.25, 0.3) is 0 Å². The Kier molecular flexibility index (Phi) is 7.88. The largest absolute Gasteiger partial charge is 0.508 e. The normalized spacial score (nSPS) is 11.4. The van der Waals surface area contributed by atoms with E-state index in [2.05, 4.69) is 20.9 Å². The molecule has 9 rings (SSSR count). The summed E-state index contributed by atoms with van der Waals surface area (Å²) in [7, 11) is 7.09. The predicted octanol–water partition coefficient (Wildman–Crippen LogP) is 5.12. The summed E-state index contributed by atoms with van der Waals surface area (Å²) in [5, 5.41) is 45.6. The van der Waals surface area contributed by atoms with E-state index in [1.54, 1.807) is 42.1 Å². The highest BCUT2D eigenvalue weighted by atomic mass is 16.5. The van der Waals surface area contributed by atoms with Crippen LogP contribution < -0.4 is 29.8 Å². The summed E-state index contributed by atoms with van der Waals surface area (Å²) in [4.78, 5) is 4.59. The third-order valence-electron chi connectivity index (χ3n) is 9.63. The van der Waals surface area contributed by atoms with Crippen LogP contribution >= 0.6 is 0 Å². The van der Waals surface area contributed by atoms with Gasteiger partial charge in [-0.15, -0.1) is 5.10 Å². The first-order chi connectivity index (χ1) is 26.9. The average molecular weight is 733 g/mol. The van der Waals surface area contributed by atoms with Crippen molar-refractivity contribution in [3.05, 3.63) is 116 Å². The second-order valence-corrected chi connectivity index (χ2v) is 12.8. The van der Waals surface area contributed by atoms with Crippen LogP contribution in [0.1, 0.15) is 0 Å². The zero-order chi connectivity index (χ0) is 37.8. The summed E-state index contributed by atoms with van der Waals surface area (Å²) in [5.74, 6) is 2.92. The average Bonchev–Trinajstić information content (AvgIpc) is 3.94. The quantitative estimate of drug-likeness (QED) is 0.126. The molecule has 6 heterocycles. The lowest BCUT2D eigenvalue weighted by molar-refractivity contribution is -0.566. The number of phenols is 2. The van der Waals surface area contributed by atoms with Gasteiger partial charge in [0.1, 0.15) is 46.8 Å². The molecule has 0 atom stereocenters. The number of fused-ring (bicyclic) bond motifs is 3. The molecule has 15 nitrogen and oxygen atoms in total. The molecule has 5 N–H and O–H groups in total. The first kappa shape index (κ1) is 33.2. The molecule has 3 aromatic carbocycles. The van der Waals surface area contributed by atoms with Gasteiger partial charge in [0, 0.05) is 50.5 Å². The van der Waals surface area contributed by atoms with Crippen molar-refractivity contribution < 1.29 is 24.1 Å². The molecule has 0 saturated carbocycles. The fourth-order valence-electron chi connectivity index (χ4n) is 6.88. The lowest BCUT2D eigenvalue weighted by Gasteiger charge is -2.10. The molecule has 0 saturated heterocycles. The van der Waals surface area contributed by atoms with Crippen molar-refractivity contribution in [2.75, 3.05) is 44.2 Å². The van der Waals surface area contributed by atoms with Crippen molar-refractivity contribution in [2.24, 2.45) is 0 Å². The molecule has 0 unspecified atom stereocenters. The van der Waals surface area contributed by atoms with Gasteiger partial charge in [-0.2, -0.15) is 9.13 Å². The maximum atomic E-state index is 11.5. The Morgan fingerprint density at radius 2 is 1.20 bits per heavy atom. The SMILES string of the molecule is CNc1ccc2ncc(-c3cc(-[n+]4cc(-c5cc(-[n+]6cc(-c7cccc(O)c7)n7nc(NC)ccc76)ccc5O)n5nc(NC)ccc54)ccc3OC)n2n1. The van der Waals surface area contributed by atoms with Gasteiger partial charge in [0.2, 0.25) is 11.4 Å². The molecule has 0 fully saturated rings. The topological polar surface area (TPSA) is 158 Å². The van der Waals surface area contributed by atoms with Crippen LogP contribution in [-0.2, 0) is 0 Å². The Balaban J connectivity index is 1.22. The van der Waals surface area contributed by atoms with E-state index in [1.807, 2.05) is 124 Å². The number of phenolic OH excluding ortho intramolecular Hbond substituents is 2. The smallest absolute Gasteiger partial charge is 0.313 e. The van der Waals surface area contributed by atoms with E-state index >= 15 is 0 Å². The van der Waals surface area contributed by atoms with Crippen molar-refractivity contribution >= 4 is 34.4 Å². The number of methoxy groups -OCH3 is 1. The molecule has 0 spiro atoms. The lowest BCUT2D eigenvalue weighted by atomic mass is 10.1. The van der Waals surface area contributed by atoms with Crippen LogP contribution in [0.5, 0.6) is 17.2 Å². The van der Waals surface area contributed by atoms with Gasteiger partial charge in [-0.1, -0.05) is 31.4 Å². The minimum atomic E-state index is 0.0763. The van der Waals surface area contributed by atoms with Crippen LogP contribution in [-0.4, -0.2) is 72.3 Å². The second-order valence-electron chi connectivity index (χ2n) is 12.8. The molecular formula is C40H36N12O3+2. The number of aromatic nitrogens is 9. The van der Waals surface area contributed by atoms with Gasteiger partial charge < -0.3 is 30.9 Å². The summed E-state index contributed by atoms with van der Waals surface area (Å²) < 4.78 is 15.3. The molecule has 0 aliphatic carbocycles. The number of anilines is 3. The highest BCUT2D eigenvalue weighted by Gasteiger charge is 2.28. The van der Waals surface area contributed by atoms with E-state index < -0.39 is 0 Å². The van der Waals surface area contributed by atoms with Gasteiger partial charge in [0.15, 0.2) is 17.3 Å². The summed E-state index contributed by atoms with van der Waals surface area (Å²) in [5.41, 5.74) is 8.12. The van der Waals surface area contributed by atoms with Crippen molar-refractivity contribution in [3.8, 4) is 62.4 Å². The molecule has 0 aliphatic heterocycles. The van der Waals surface area contributed by atoms with Crippen LogP contribution in [0.4, 0.5) is 17.5 Å².